The molecule has 2 heterocycles. The maximum absolute atomic E-state index is 13.2. The Morgan fingerprint density at radius 1 is 1.29 bits per heavy atom. The van der Waals surface area contributed by atoms with Crippen LogP contribution >= 0.6 is 0 Å². The molecule has 10 heteroatoms. The predicted octanol–water partition coefficient (Wildman–Crippen LogP) is 3.25. The zero-order chi connectivity index (χ0) is 19.9. The van der Waals surface area contributed by atoms with Gasteiger partial charge in [-0.2, -0.15) is 23.3 Å². The molecule has 3 aromatic rings. The molecule has 1 aliphatic carbocycles. The van der Waals surface area contributed by atoms with Crippen molar-refractivity contribution >= 4 is 0 Å². The van der Waals surface area contributed by atoms with E-state index in [1.807, 2.05) is 0 Å². The summed E-state index contributed by atoms with van der Waals surface area (Å²) in [5.41, 5.74) is -1.68. The van der Waals surface area contributed by atoms with Gasteiger partial charge in [0.2, 0.25) is 11.7 Å². The first-order valence-corrected chi connectivity index (χ1v) is 8.52. The monoisotopic (exact) mass is 392 g/mol. The van der Waals surface area contributed by atoms with Crippen LogP contribution in [0.3, 0.4) is 0 Å². The number of halogens is 3. The number of methoxy groups -OCH3 is 1. The molecule has 0 aliphatic heterocycles. The van der Waals surface area contributed by atoms with Crippen molar-refractivity contribution in [3.8, 4) is 17.1 Å². The normalized spacial score (nSPS) is 14.3. The molecule has 7 nitrogen and oxygen atoms in total. The fourth-order valence-electron chi connectivity index (χ4n) is 2.84. The molecule has 0 N–H and O–H groups in total. The lowest BCUT2D eigenvalue weighted by Gasteiger charge is -2.11. The van der Waals surface area contributed by atoms with Gasteiger partial charge in [-0.25, -0.2) is 4.68 Å². The maximum Gasteiger partial charge on any atom is 0.421 e. The van der Waals surface area contributed by atoms with Crippen LogP contribution in [0.15, 0.2) is 39.6 Å². The summed E-state index contributed by atoms with van der Waals surface area (Å²) in [6, 6.07) is 7.80. The van der Waals surface area contributed by atoms with Gasteiger partial charge < -0.3 is 9.26 Å². The summed E-state index contributed by atoms with van der Waals surface area (Å²) in [4.78, 5) is 16.4. The van der Waals surface area contributed by atoms with Crippen LogP contribution in [0.5, 0.6) is 5.75 Å². The van der Waals surface area contributed by atoms with E-state index in [9.17, 15) is 18.0 Å². The van der Waals surface area contributed by atoms with Gasteiger partial charge in [0, 0.05) is 5.92 Å². The van der Waals surface area contributed by atoms with Gasteiger partial charge in [-0.05, 0) is 31.0 Å². The van der Waals surface area contributed by atoms with E-state index in [1.54, 1.807) is 24.3 Å². The Kier molecular flexibility index (Phi) is 4.40. The fraction of sp³-hybridized carbons (Fsp3) is 0.333. The Hall–Kier alpha value is -3.17. The molecule has 0 unspecified atom stereocenters. The largest absolute Gasteiger partial charge is 0.496 e. The van der Waals surface area contributed by atoms with Crippen LogP contribution in [-0.2, 0) is 12.7 Å². The second-order valence-electron chi connectivity index (χ2n) is 6.43. The second kappa shape index (κ2) is 6.77. The summed E-state index contributed by atoms with van der Waals surface area (Å²) in [5, 5.41) is 7.90. The van der Waals surface area contributed by atoms with Gasteiger partial charge in [-0.15, -0.1) is 0 Å². The first-order valence-electron chi connectivity index (χ1n) is 8.52. The number of nitrogens with zero attached hydrogens (tertiary/aromatic N) is 4. The third-order valence-electron chi connectivity index (χ3n) is 4.40. The molecule has 0 amide bonds. The summed E-state index contributed by atoms with van der Waals surface area (Å²) >= 11 is 0. The Balaban J connectivity index is 1.69. The quantitative estimate of drug-likeness (QED) is 0.663. The Labute approximate surface area is 156 Å². The standard InChI is InChI=1S/C18H15F3N4O3/c1-27-14-5-3-2-4-11(14)16-22-15(28-24-16)9-25-17(26)12(18(19,20)21)8-13(23-25)10-6-7-10/h2-5,8,10H,6-7,9H2,1H3. The summed E-state index contributed by atoms with van der Waals surface area (Å²) in [6.45, 7) is -0.357. The van der Waals surface area contributed by atoms with Crippen molar-refractivity contribution in [3.63, 3.8) is 0 Å². The van der Waals surface area contributed by atoms with E-state index in [-0.39, 0.29) is 29.9 Å². The van der Waals surface area contributed by atoms with Crippen LogP contribution in [0.2, 0.25) is 0 Å². The van der Waals surface area contributed by atoms with Crippen LogP contribution in [0.25, 0.3) is 11.4 Å². The molecule has 0 saturated heterocycles. The first kappa shape index (κ1) is 18.2. The van der Waals surface area contributed by atoms with Crippen molar-refractivity contribution in [1.82, 2.24) is 19.9 Å². The van der Waals surface area contributed by atoms with Crippen molar-refractivity contribution in [1.29, 1.82) is 0 Å². The number of hydrogen-bond acceptors (Lipinski definition) is 6. The van der Waals surface area contributed by atoms with Crippen molar-refractivity contribution in [2.24, 2.45) is 0 Å². The van der Waals surface area contributed by atoms with Crippen molar-refractivity contribution in [3.05, 3.63) is 57.8 Å². The lowest BCUT2D eigenvalue weighted by Crippen LogP contribution is -2.31. The van der Waals surface area contributed by atoms with Crippen LogP contribution in [0.4, 0.5) is 13.2 Å². The van der Waals surface area contributed by atoms with Gasteiger partial charge in [0.15, 0.2) is 0 Å². The van der Waals surface area contributed by atoms with Crippen molar-refractivity contribution < 1.29 is 22.4 Å². The molecule has 4 rings (SSSR count). The van der Waals surface area contributed by atoms with Gasteiger partial charge >= 0.3 is 6.18 Å². The molecule has 0 radical (unpaired) electrons. The van der Waals surface area contributed by atoms with Gasteiger partial charge in [-0.1, -0.05) is 17.3 Å². The summed E-state index contributed by atoms with van der Waals surface area (Å²) in [6.07, 6.45) is -3.26. The minimum Gasteiger partial charge on any atom is -0.496 e. The summed E-state index contributed by atoms with van der Waals surface area (Å²) in [5.74, 6) is 0.631. The number of rotatable bonds is 5. The molecule has 1 saturated carbocycles. The Morgan fingerprint density at radius 3 is 2.71 bits per heavy atom. The van der Waals surface area contributed by atoms with Gasteiger partial charge in [-0.3, -0.25) is 4.79 Å². The van der Waals surface area contributed by atoms with E-state index in [1.165, 1.54) is 7.11 Å². The van der Waals surface area contributed by atoms with E-state index < -0.39 is 17.3 Å². The molecule has 0 bridgehead atoms. The zero-order valence-electron chi connectivity index (χ0n) is 14.7. The molecule has 28 heavy (non-hydrogen) atoms. The van der Waals surface area contributed by atoms with Gasteiger partial charge in [0.1, 0.15) is 17.9 Å². The molecule has 1 fully saturated rings. The van der Waals surface area contributed by atoms with Crippen molar-refractivity contribution in [2.75, 3.05) is 7.11 Å². The highest BCUT2D eigenvalue weighted by Crippen LogP contribution is 2.40. The van der Waals surface area contributed by atoms with Crippen LogP contribution in [0, 0.1) is 0 Å². The predicted molar refractivity (Wildman–Crippen MR) is 90.9 cm³/mol. The molecule has 1 aromatic carbocycles. The number of benzene rings is 1. The van der Waals surface area contributed by atoms with E-state index in [0.717, 1.165) is 23.6 Å². The Morgan fingerprint density at radius 2 is 2.04 bits per heavy atom. The maximum atomic E-state index is 13.2. The molecule has 0 spiro atoms. The van der Waals surface area contributed by atoms with E-state index in [0.29, 0.717) is 11.3 Å². The van der Waals surface area contributed by atoms with Gasteiger partial charge in [0.25, 0.3) is 5.56 Å². The third-order valence-corrected chi connectivity index (χ3v) is 4.40. The lowest BCUT2D eigenvalue weighted by molar-refractivity contribution is -0.139. The average Bonchev–Trinajstić information content (AvgIpc) is 3.41. The molecular formula is C18H15F3N4O3. The number of hydrogen-bond donors (Lipinski definition) is 0. The van der Waals surface area contributed by atoms with Crippen molar-refractivity contribution in [2.45, 2.75) is 31.5 Å². The number of aromatic nitrogens is 4. The van der Waals surface area contributed by atoms with E-state index >= 15 is 0 Å². The highest BCUT2D eigenvalue weighted by molar-refractivity contribution is 5.63. The highest BCUT2D eigenvalue weighted by Gasteiger charge is 2.37. The van der Waals surface area contributed by atoms with Crippen LogP contribution in [0.1, 0.15) is 35.9 Å². The molecule has 0 atom stereocenters. The molecular weight excluding hydrogens is 377 g/mol. The minimum atomic E-state index is -4.76. The molecule has 146 valence electrons. The van der Waals surface area contributed by atoms with E-state index in [2.05, 4.69) is 15.2 Å². The first-order chi connectivity index (χ1) is 13.4. The topological polar surface area (TPSA) is 83.0 Å². The smallest absolute Gasteiger partial charge is 0.421 e. The summed E-state index contributed by atoms with van der Waals surface area (Å²) < 4.78 is 50.8. The lowest BCUT2D eigenvalue weighted by atomic mass is 10.2. The number of ether oxygens (including phenoxy) is 1. The molecule has 2 aromatic heterocycles. The highest BCUT2D eigenvalue weighted by atomic mass is 19.4. The van der Waals surface area contributed by atoms with E-state index in [4.69, 9.17) is 9.26 Å². The van der Waals surface area contributed by atoms with Crippen LogP contribution in [-0.4, -0.2) is 27.0 Å². The average molecular weight is 392 g/mol. The number of alkyl halides is 3. The fourth-order valence-corrected chi connectivity index (χ4v) is 2.84. The molecule has 1 aliphatic rings. The Bertz CT molecular complexity index is 1070. The van der Waals surface area contributed by atoms with Crippen LogP contribution < -0.4 is 10.3 Å². The third kappa shape index (κ3) is 3.49. The number of para-hydroxylation sites is 1. The second-order valence-corrected chi connectivity index (χ2v) is 6.43. The SMILES string of the molecule is COc1ccccc1-c1noc(Cn2nc(C3CC3)cc(C(F)(F)F)c2=O)n1. The minimum absolute atomic E-state index is 0.0309. The zero-order valence-corrected chi connectivity index (χ0v) is 14.7. The summed E-state index contributed by atoms with van der Waals surface area (Å²) in [7, 11) is 1.49. The van der Waals surface area contributed by atoms with Gasteiger partial charge in [0.05, 0.1) is 18.4 Å².